The SMILES string of the molecule is FC(F)(F)C1=CC(Nc2nncn2-c2cc(C(F)(F)F)cc(C(F)(F)F)c2)CC(C(F)(F)F)=C1. The number of nitrogens with one attached hydrogen (secondary N) is 1. The van der Waals surface area contributed by atoms with Gasteiger partial charge in [0, 0.05) is 12.0 Å². The summed E-state index contributed by atoms with van der Waals surface area (Å²) in [5.41, 5.74) is -7.37. The summed E-state index contributed by atoms with van der Waals surface area (Å²) < 4.78 is 158. The Balaban J connectivity index is 2.03. The Morgan fingerprint density at radius 3 is 1.79 bits per heavy atom. The third-order valence-corrected chi connectivity index (χ3v) is 4.55. The van der Waals surface area contributed by atoms with E-state index in [1.807, 2.05) is 0 Å². The van der Waals surface area contributed by atoms with E-state index in [2.05, 4.69) is 15.5 Å². The van der Waals surface area contributed by atoms with Crippen LogP contribution in [0, 0.1) is 0 Å². The van der Waals surface area contributed by atoms with Crippen LogP contribution in [0.5, 0.6) is 0 Å². The number of halogens is 12. The number of rotatable bonds is 3. The van der Waals surface area contributed by atoms with E-state index < -0.39 is 71.1 Å². The first-order chi connectivity index (χ1) is 15.4. The van der Waals surface area contributed by atoms with E-state index in [4.69, 9.17) is 0 Å². The molecule has 0 spiro atoms. The van der Waals surface area contributed by atoms with Crippen LogP contribution in [0.2, 0.25) is 0 Å². The first kappa shape index (κ1) is 25.4. The summed E-state index contributed by atoms with van der Waals surface area (Å²) in [5, 5.41) is 8.82. The maximum absolute atomic E-state index is 13.1. The Hall–Kier alpha value is -3.20. The molecule has 0 saturated carbocycles. The van der Waals surface area contributed by atoms with Crippen molar-refractivity contribution in [3.05, 3.63) is 59.0 Å². The summed E-state index contributed by atoms with van der Waals surface area (Å²) in [6.07, 6.45) is -20.8. The summed E-state index contributed by atoms with van der Waals surface area (Å²) in [4.78, 5) is 0. The molecule has 1 N–H and O–H groups in total. The molecule has 1 atom stereocenters. The zero-order valence-corrected chi connectivity index (χ0v) is 16.1. The number of benzene rings is 1. The van der Waals surface area contributed by atoms with Crippen LogP contribution in [-0.2, 0) is 12.4 Å². The molecule has 1 heterocycles. The summed E-state index contributed by atoms with van der Waals surface area (Å²) in [6.45, 7) is 0. The second kappa shape index (κ2) is 8.23. The van der Waals surface area contributed by atoms with Gasteiger partial charge in [-0.3, -0.25) is 4.57 Å². The molecule has 0 saturated heterocycles. The molecule has 0 amide bonds. The molecule has 1 aromatic heterocycles. The summed E-state index contributed by atoms with van der Waals surface area (Å²) in [5.74, 6) is -0.682. The highest BCUT2D eigenvalue weighted by Gasteiger charge is 2.42. The van der Waals surface area contributed by atoms with Gasteiger partial charge in [0.25, 0.3) is 0 Å². The van der Waals surface area contributed by atoms with Crippen LogP contribution in [0.3, 0.4) is 0 Å². The van der Waals surface area contributed by atoms with E-state index in [1.165, 1.54) is 0 Å². The van der Waals surface area contributed by atoms with Crippen molar-refractivity contribution in [3.63, 3.8) is 0 Å². The van der Waals surface area contributed by atoms with Crippen molar-refractivity contribution in [2.45, 2.75) is 37.2 Å². The van der Waals surface area contributed by atoms with Gasteiger partial charge in [-0.1, -0.05) is 0 Å². The molecule has 186 valence electrons. The molecular weight excluding hydrogens is 500 g/mol. The average molecular weight is 510 g/mol. The number of aromatic nitrogens is 3. The van der Waals surface area contributed by atoms with Gasteiger partial charge in [-0.15, -0.1) is 10.2 Å². The topological polar surface area (TPSA) is 42.7 Å². The Kier molecular flexibility index (Phi) is 6.15. The van der Waals surface area contributed by atoms with E-state index in [1.54, 1.807) is 0 Å². The fraction of sp³-hybridized carbons (Fsp3) is 0.333. The lowest BCUT2D eigenvalue weighted by Crippen LogP contribution is -2.30. The third-order valence-electron chi connectivity index (χ3n) is 4.55. The first-order valence-electron chi connectivity index (χ1n) is 8.89. The largest absolute Gasteiger partial charge is 0.416 e. The molecule has 0 radical (unpaired) electrons. The molecule has 0 fully saturated rings. The van der Waals surface area contributed by atoms with Crippen LogP contribution in [0.4, 0.5) is 58.6 Å². The minimum atomic E-state index is -5.20. The lowest BCUT2D eigenvalue weighted by atomic mass is 9.94. The summed E-state index contributed by atoms with van der Waals surface area (Å²) in [7, 11) is 0. The van der Waals surface area contributed by atoms with Gasteiger partial charge in [0.05, 0.1) is 28.4 Å². The smallest absolute Gasteiger partial charge is 0.347 e. The van der Waals surface area contributed by atoms with Crippen LogP contribution in [0.15, 0.2) is 47.8 Å². The molecule has 3 rings (SSSR count). The quantitative estimate of drug-likeness (QED) is 0.482. The molecule has 1 aromatic carbocycles. The molecule has 1 aliphatic rings. The van der Waals surface area contributed by atoms with Gasteiger partial charge in [0.15, 0.2) is 0 Å². The first-order valence-corrected chi connectivity index (χ1v) is 8.89. The number of alkyl halides is 12. The van der Waals surface area contributed by atoms with Crippen molar-refractivity contribution >= 4 is 5.95 Å². The molecular formula is C18H10F12N4. The van der Waals surface area contributed by atoms with Gasteiger partial charge >= 0.3 is 24.7 Å². The number of allylic oxidation sites excluding steroid dienone is 2. The van der Waals surface area contributed by atoms with Crippen molar-refractivity contribution in [2.24, 2.45) is 0 Å². The van der Waals surface area contributed by atoms with Crippen molar-refractivity contribution < 1.29 is 52.7 Å². The van der Waals surface area contributed by atoms with Gasteiger partial charge in [0.2, 0.25) is 5.95 Å². The van der Waals surface area contributed by atoms with Crippen molar-refractivity contribution in [1.82, 2.24) is 14.8 Å². The average Bonchev–Trinajstić information content (AvgIpc) is 3.12. The van der Waals surface area contributed by atoms with E-state index in [9.17, 15) is 52.7 Å². The maximum Gasteiger partial charge on any atom is 0.416 e. The lowest BCUT2D eigenvalue weighted by molar-refractivity contribution is -0.143. The third kappa shape index (κ3) is 5.64. The van der Waals surface area contributed by atoms with Crippen molar-refractivity contribution in [1.29, 1.82) is 0 Å². The molecule has 1 unspecified atom stereocenters. The fourth-order valence-electron chi connectivity index (χ4n) is 3.04. The number of anilines is 1. The van der Waals surface area contributed by atoms with Gasteiger partial charge in [-0.25, -0.2) is 0 Å². The minimum Gasteiger partial charge on any atom is -0.347 e. The zero-order chi connectivity index (χ0) is 25.7. The second-order valence-corrected chi connectivity index (χ2v) is 7.03. The highest BCUT2D eigenvalue weighted by molar-refractivity contribution is 5.48. The Bertz CT molecular complexity index is 1080. The van der Waals surface area contributed by atoms with Crippen LogP contribution < -0.4 is 5.32 Å². The predicted molar refractivity (Wildman–Crippen MR) is 91.7 cm³/mol. The minimum absolute atomic E-state index is 0.0919. The number of hydrogen-bond donors (Lipinski definition) is 1. The van der Waals surface area contributed by atoms with Crippen LogP contribution in [-0.4, -0.2) is 33.2 Å². The molecule has 0 aliphatic heterocycles. The van der Waals surface area contributed by atoms with Crippen LogP contribution in [0.1, 0.15) is 17.5 Å². The normalized spacial score (nSPS) is 17.9. The van der Waals surface area contributed by atoms with Gasteiger partial charge < -0.3 is 5.32 Å². The Morgan fingerprint density at radius 2 is 1.32 bits per heavy atom. The zero-order valence-electron chi connectivity index (χ0n) is 16.1. The van der Waals surface area contributed by atoms with E-state index in [0.29, 0.717) is 29.1 Å². The number of nitrogens with zero attached hydrogens (tertiary/aromatic N) is 3. The molecule has 1 aliphatic carbocycles. The van der Waals surface area contributed by atoms with Gasteiger partial charge in [-0.05, 0) is 30.4 Å². The summed E-state index contributed by atoms with van der Waals surface area (Å²) in [6, 6.07) is -1.28. The van der Waals surface area contributed by atoms with Crippen molar-refractivity contribution in [3.8, 4) is 5.69 Å². The standard InChI is InChI=1S/C18H10F12N4/c19-15(20,21)8-1-9(16(22,23)24)4-12(3-8)32-14-33-31-7-34(14)13-5-10(17(25,26)27)2-11(6-13)18(28,29)30/h1-3,5-7,12H,4H2,(H,32,33). The van der Waals surface area contributed by atoms with Crippen molar-refractivity contribution in [2.75, 3.05) is 5.32 Å². The molecule has 16 heteroatoms. The van der Waals surface area contributed by atoms with Gasteiger partial charge in [0.1, 0.15) is 6.33 Å². The highest BCUT2D eigenvalue weighted by atomic mass is 19.4. The lowest BCUT2D eigenvalue weighted by Gasteiger charge is -2.25. The fourth-order valence-corrected chi connectivity index (χ4v) is 3.04. The highest BCUT2D eigenvalue weighted by Crippen LogP contribution is 2.40. The monoisotopic (exact) mass is 510 g/mol. The van der Waals surface area contributed by atoms with Crippen LogP contribution in [0.25, 0.3) is 5.69 Å². The summed E-state index contributed by atoms with van der Waals surface area (Å²) >= 11 is 0. The van der Waals surface area contributed by atoms with E-state index in [-0.39, 0.29) is 12.1 Å². The maximum atomic E-state index is 13.1. The van der Waals surface area contributed by atoms with E-state index in [0.717, 1.165) is 0 Å². The molecule has 0 bridgehead atoms. The molecule has 34 heavy (non-hydrogen) atoms. The molecule has 2 aromatic rings. The van der Waals surface area contributed by atoms with Gasteiger partial charge in [-0.2, -0.15) is 52.7 Å². The Morgan fingerprint density at radius 1 is 0.765 bits per heavy atom. The second-order valence-electron chi connectivity index (χ2n) is 7.03. The number of hydrogen-bond acceptors (Lipinski definition) is 3. The predicted octanol–water partition coefficient (Wildman–Crippen LogP) is 6.47. The van der Waals surface area contributed by atoms with E-state index >= 15 is 0 Å². The Labute approximate surface area is 181 Å². The van der Waals surface area contributed by atoms with Crippen LogP contribution >= 0.6 is 0 Å². The molecule has 4 nitrogen and oxygen atoms in total.